The maximum Gasteiger partial charge on any atom is 0.173 e. The average molecular weight is 250 g/mol. The number of hydrogen-bond acceptors (Lipinski definition) is 4. The fourth-order valence-electron chi connectivity index (χ4n) is 1.42. The summed E-state index contributed by atoms with van der Waals surface area (Å²) in [6.45, 7) is 0. The second-order valence-corrected chi connectivity index (χ2v) is 3.83. The number of nitrogens with zero attached hydrogens (tertiary/aromatic N) is 1. The molecule has 1 aromatic carbocycles. The van der Waals surface area contributed by atoms with Gasteiger partial charge in [0.1, 0.15) is 0 Å². The van der Waals surface area contributed by atoms with Crippen LogP contribution in [0, 0.1) is 0 Å². The molecule has 5 heteroatoms. The summed E-state index contributed by atoms with van der Waals surface area (Å²) in [5.41, 5.74) is 7.03. The molecule has 0 aliphatic carbocycles. The molecule has 0 aliphatic rings. The Hall–Kier alpha value is -1.94. The van der Waals surface area contributed by atoms with Crippen molar-refractivity contribution in [2.24, 2.45) is 0 Å². The molecule has 1 heterocycles. The van der Waals surface area contributed by atoms with Crippen molar-refractivity contribution in [1.82, 2.24) is 4.98 Å². The van der Waals surface area contributed by atoms with E-state index in [1.54, 1.807) is 37.6 Å². The van der Waals surface area contributed by atoms with Gasteiger partial charge in [0.2, 0.25) is 0 Å². The van der Waals surface area contributed by atoms with Crippen molar-refractivity contribution >= 4 is 28.8 Å². The highest BCUT2D eigenvalue weighted by atomic mass is 35.5. The molecule has 3 N–H and O–H groups in total. The minimum atomic E-state index is 0.576. The second-order valence-electron chi connectivity index (χ2n) is 3.42. The van der Waals surface area contributed by atoms with E-state index in [-0.39, 0.29) is 0 Å². The molecule has 1 aromatic heterocycles. The van der Waals surface area contributed by atoms with E-state index in [1.165, 1.54) is 0 Å². The lowest BCUT2D eigenvalue weighted by atomic mass is 10.2. The highest BCUT2D eigenvalue weighted by Gasteiger charge is 2.06. The van der Waals surface area contributed by atoms with Crippen LogP contribution in [0.3, 0.4) is 0 Å². The fraction of sp³-hybridized carbons (Fsp3) is 0.0833. The summed E-state index contributed by atoms with van der Waals surface area (Å²) in [6, 6.07) is 8.83. The van der Waals surface area contributed by atoms with Gasteiger partial charge < -0.3 is 15.8 Å². The zero-order chi connectivity index (χ0) is 12.3. The van der Waals surface area contributed by atoms with Crippen LogP contribution >= 0.6 is 11.6 Å². The zero-order valence-corrected chi connectivity index (χ0v) is 10.0. The number of benzene rings is 1. The third-order valence-electron chi connectivity index (χ3n) is 2.23. The van der Waals surface area contributed by atoms with Crippen molar-refractivity contribution in [3.8, 4) is 5.75 Å². The Kier molecular flexibility index (Phi) is 3.35. The minimum absolute atomic E-state index is 0.576. The normalized spacial score (nSPS) is 10.0. The second kappa shape index (κ2) is 4.93. The lowest BCUT2D eigenvalue weighted by Crippen LogP contribution is -1.98. The number of rotatable bonds is 3. The molecule has 0 amide bonds. The number of ether oxygens (including phenoxy) is 1. The summed E-state index contributed by atoms with van der Waals surface area (Å²) in [6.07, 6.45) is 1.67. The quantitative estimate of drug-likeness (QED) is 0.821. The van der Waals surface area contributed by atoms with Crippen LogP contribution in [-0.4, -0.2) is 12.1 Å². The van der Waals surface area contributed by atoms with Crippen LogP contribution < -0.4 is 15.8 Å². The molecule has 17 heavy (non-hydrogen) atoms. The van der Waals surface area contributed by atoms with E-state index < -0.39 is 0 Å². The van der Waals surface area contributed by atoms with Gasteiger partial charge in [0.15, 0.2) is 11.6 Å². The predicted molar refractivity (Wildman–Crippen MR) is 69.9 cm³/mol. The molecule has 0 spiro atoms. The van der Waals surface area contributed by atoms with Gasteiger partial charge in [-0.2, -0.15) is 0 Å². The summed E-state index contributed by atoms with van der Waals surface area (Å²) < 4.78 is 5.19. The van der Waals surface area contributed by atoms with Gasteiger partial charge in [-0.1, -0.05) is 11.6 Å². The number of pyridine rings is 1. The van der Waals surface area contributed by atoms with Gasteiger partial charge in [-0.05, 0) is 30.3 Å². The van der Waals surface area contributed by atoms with E-state index in [2.05, 4.69) is 10.3 Å². The lowest BCUT2D eigenvalue weighted by Gasteiger charge is -2.11. The molecule has 0 atom stereocenters. The first-order valence-electron chi connectivity index (χ1n) is 5.02. The highest BCUT2D eigenvalue weighted by molar-refractivity contribution is 6.33. The van der Waals surface area contributed by atoms with E-state index in [0.29, 0.717) is 28.0 Å². The zero-order valence-electron chi connectivity index (χ0n) is 9.27. The summed E-state index contributed by atoms with van der Waals surface area (Å²) in [5, 5.41) is 3.66. The first-order chi connectivity index (χ1) is 8.20. The topological polar surface area (TPSA) is 60.2 Å². The van der Waals surface area contributed by atoms with E-state index >= 15 is 0 Å². The number of halogens is 1. The van der Waals surface area contributed by atoms with Gasteiger partial charge in [0.05, 0.1) is 17.8 Å². The molecule has 2 rings (SSSR count). The Morgan fingerprint density at radius 1 is 1.35 bits per heavy atom. The van der Waals surface area contributed by atoms with Gasteiger partial charge in [0.25, 0.3) is 0 Å². The van der Waals surface area contributed by atoms with Gasteiger partial charge in [0, 0.05) is 11.9 Å². The molecule has 88 valence electrons. The van der Waals surface area contributed by atoms with Crippen molar-refractivity contribution in [3.63, 3.8) is 0 Å². The number of anilines is 3. The minimum Gasteiger partial charge on any atom is -0.493 e. The standard InChI is InChI=1S/C12H12ClN3O/c1-17-11-3-2-6-15-12(11)16-10-7-8(14)4-5-9(10)13/h2-7H,14H2,1H3,(H,15,16). The average Bonchev–Trinajstić information content (AvgIpc) is 2.34. The van der Waals surface area contributed by atoms with Crippen LogP contribution in [0.5, 0.6) is 5.75 Å². The number of nitrogen functional groups attached to an aromatic ring is 1. The van der Waals surface area contributed by atoms with Crippen LogP contribution in [-0.2, 0) is 0 Å². The van der Waals surface area contributed by atoms with Crippen molar-refractivity contribution in [3.05, 3.63) is 41.6 Å². The molecule has 0 saturated heterocycles. The Morgan fingerprint density at radius 3 is 2.94 bits per heavy atom. The summed E-state index contributed by atoms with van der Waals surface area (Å²) in [4.78, 5) is 4.18. The Bertz CT molecular complexity index is 531. The van der Waals surface area contributed by atoms with Crippen LogP contribution in [0.2, 0.25) is 5.02 Å². The molecule has 0 aliphatic heterocycles. The SMILES string of the molecule is COc1cccnc1Nc1cc(N)ccc1Cl. The van der Waals surface area contributed by atoms with Crippen molar-refractivity contribution in [2.75, 3.05) is 18.2 Å². The maximum absolute atomic E-state index is 6.05. The smallest absolute Gasteiger partial charge is 0.173 e. The third-order valence-corrected chi connectivity index (χ3v) is 2.56. The summed E-state index contributed by atoms with van der Waals surface area (Å²) in [5.74, 6) is 1.24. The van der Waals surface area contributed by atoms with Gasteiger partial charge >= 0.3 is 0 Å². The Morgan fingerprint density at radius 2 is 2.18 bits per heavy atom. The number of methoxy groups -OCH3 is 1. The number of aromatic nitrogens is 1. The van der Waals surface area contributed by atoms with Crippen LogP contribution in [0.4, 0.5) is 17.2 Å². The first-order valence-corrected chi connectivity index (χ1v) is 5.39. The molecule has 0 radical (unpaired) electrons. The maximum atomic E-state index is 6.05. The molecular formula is C12H12ClN3O. The number of nitrogens with one attached hydrogen (secondary N) is 1. The number of hydrogen-bond donors (Lipinski definition) is 2. The molecule has 0 unspecified atom stereocenters. The van der Waals surface area contributed by atoms with E-state index in [4.69, 9.17) is 22.1 Å². The number of nitrogens with two attached hydrogens (primary N) is 1. The molecule has 0 fully saturated rings. The Labute approximate surface area is 104 Å². The van der Waals surface area contributed by atoms with Crippen molar-refractivity contribution < 1.29 is 4.74 Å². The monoisotopic (exact) mass is 249 g/mol. The molecule has 2 aromatic rings. The molecule has 4 nitrogen and oxygen atoms in total. The van der Waals surface area contributed by atoms with E-state index in [9.17, 15) is 0 Å². The molecule has 0 bridgehead atoms. The van der Waals surface area contributed by atoms with Crippen LogP contribution in [0.1, 0.15) is 0 Å². The van der Waals surface area contributed by atoms with Crippen LogP contribution in [0.15, 0.2) is 36.5 Å². The largest absolute Gasteiger partial charge is 0.493 e. The van der Waals surface area contributed by atoms with Gasteiger partial charge in [-0.3, -0.25) is 0 Å². The summed E-state index contributed by atoms with van der Waals surface area (Å²) in [7, 11) is 1.59. The van der Waals surface area contributed by atoms with Gasteiger partial charge in [-0.15, -0.1) is 0 Å². The lowest BCUT2D eigenvalue weighted by molar-refractivity contribution is 0.415. The molecular weight excluding hydrogens is 238 g/mol. The van der Waals surface area contributed by atoms with Crippen molar-refractivity contribution in [1.29, 1.82) is 0 Å². The van der Waals surface area contributed by atoms with Crippen molar-refractivity contribution in [2.45, 2.75) is 0 Å². The van der Waals surface area contributed by atoms with Gasteiger partial charge in [-0.25, -0.2) is 4.98 Å². The van der Waals surface area contributed by atoms with E-state index in [0.717, 1.165) is 0 Å². The fourth-order valence-corrected chi connectivity index (χ4v) is 1.58. The predicted octanol–water partition coefficient (Wildman–Crippen LogP) is 3.07. The Balaban J connectivity index is 2.34. The van der Waals surface area contributed by atoms with Crippen LogP contribution in [0.25, 0.3) is 0 Å². The highest BCUT2D eigenvalue weighted by Crippen LogP contribution is 2.30. The molecule has 0 saturated carbocycles. The third kappa shape index (κ3) is 2.60. The summed E-state index contributed by atoms with van der Waals surface area (Å²) >= 11 is 6.05. The van der Waals surface area contributed by atoms with E-state index in [1.807, 2.05) is 6.07 Å². The first kappa shape index (κ1) is 11.5.